The van der Waals surface area contributed by atoms with E-state index in [2.05, 4.69) is 24.3 Å². The zero-order valence-electron chi connectivity index (χ0n) is 27.9. The van der Waals surface area contributed by atoms with Crippen LogP contribution in [0.2, 0.25) is 0 Å². The maximum Gasteiger partial charge on any atom is 0.258 e. The van der Waals surface area contributed by atoms with Gasteiger partial charge in [-0.3, -0.25) is 9.59 Å². The molecule has 0 radical (unpaired) electrons. The Labute approximate surface area is 294 Å². The minimum atomic E-state index is -0.162. The summed E-state index contributed by atoms with van der Waals surface area (Å²) < 4.78 is 11.9. The van der Waals surface area contributed by atoms with E-state index in [4.69, 9.17) is 9.47 Å². The summed E-state index contributed by atoms with van der Waals surface area (Å²) in [6.45, 7) is 1.64. The molecule has 250 valence electrons. The molecule has 50 heavy (non-hydrogen) atoms. The fourth-order valence-electron chi connectivity index (χ4n) is 5.67. The van der Waals surface area contributed by atoms with E-state index in [0.717, 1.165) is 24.2 Å². The van der Waals surface area contributed by atoms with Crippen LogP contribution in [0.4, 0.5) is 11.4 Å². The lowest BCUT2D eigenvalue weighted by Crippen LogP contribution is -2.41. The van der Waals surface area contributed by atoms with Gasteiger partial charge in [0.1, 0.15) is 11.5 Å². The fraction of sp³-hybridized carbons (Fsp3) is 0.136. The van der Waals surface area contributed by atoms with Gasteiger partial charge in [0.25, 0.3) is 11.8 Å². The van der Waals surface area contributed by atoms with Crippen LogP contribution in [-0.4, -0.2) is 38.1 Å². The lowest BCUT2D eigenvalue weighted by molar-refractivity contribution is 0.0968. The number of hydrogen-bond acceptors (Lipinski definition) is 4. The second-order valence-electron chi connectivity index (χ2n) is 11.8. The van der Waals surface area contributed by atoms with Crippen LogP contribution < -0.4 is 19.3 Å². The molecule has 0 bridgehead atoms. The summed E-state index contributed by atoms with van der Waals surface area (Å²) in [6, 6.07) is 54.0. The molecule has 0 aromatic heterocycles. The summed E-state index contributed by atoms with van der Waals surface area (Å²) in [5, 5.41) is 0. The van der Waals surface area contributed by atoms with E-state index in [9.17, 15) is 9.59 Å². The fourth-order valence-corrected chi connectivity index (χ4v) is 5.67. The van der Waals surface area contributed by atoms with Gasteiger partial charge < -0.3 is 19.3 Å². The zero-order valence-corrected chi connectivity index (χ0v) is 27.9. The molecule has 0 saturated carbocycles. The average molecular weight is 661 g/mol. The highest BCUT2D eigenvalue weighted by atomic mass is 16.5. The van der Waals surface area contributed by atoms with Crippen molar-refractivity contribution in [1.29, 1.82) is 0 Å². The third kappa shape index (κ3) is 9.26. The summed E-state index contributed by atoms with van der Waals surface area (Å²) in [4.78, 5) is 31.5. The molecule has 0 saturated heterocycles. The number of para-hydroxylation sites is 2. The molecule has 6 heteroatoms. The first-order valence-electron chi connectivity index (χ1n) is 16.9. The smallest absolute Gasteiger partial charge is 0.258 e. The normalized spacial score (nSPS) is 10.6. The molecular formula is C44H40N2O4. The number of hydrogen-bond donors (Lipinski definition) is 0. The van der Waals surface area contributed by atoms with Gasteiger partial charge in [-0.05, 0) is 83.9 Å². The molecule has 2 amide bonds. The first kappa shape index (κ1) is 33.7. The largest absolute Gasteiger partial charge is 0.493 e. The van der Waals surface area contributed by atoms with Crippen molar-refractivity contribution in [3.8, 4) is 11.5 Å². The molecule has 0 fully saturated rings. The van der Waals surface area contributed by atoms with Crippen LogP contribution in [-0.2, 0) is 12.8 Å². The SMILES string of the molecule is O=C(c1ccc(OCCc2ccccc2)cc1)N(CCN(C(=O)c1ccc(OCCc2ccccc2)cc1)c1ccccc1)c1ccccc1. The quantitative estimate of drug-likeness (QED) is 0.110. The third-order valence-electron chi connectivity index (χ3n) is 8.38. The predicted molar refractivity (Wildman–Crippen MR) is 200 cm³/mol. The topological polar surface area (TPSA) is 59.1 Å². The molecule has 6 aromatic rings. The van der Waals surface area contributed by atoms with Crippen LogP contribution in [0.1, 0.15) is 31.8 Å². The van der Waals surface area contributed by atoms with Crippen molar-refractivity contribution in [2.24, 2.45) is 0 Å². The minimum absolute atomic E-state index is 0.162. The summed E-state index contributed by atoms with van der Waals surface area (Å²) in [5.41, 5.74) is 4.98. The number of anilines is 2. The van der Waals surface area contributed by atoms with Gasteiger partial charge in [0.15, 0.2) is 0 Å². The Kier molecular flexibility index (Phi) is 11.7. The molecule has 0 unspecified atom stereocenters. The van der Waals surface area contributed by atoms with E-state index in [0.29, 0.717) is 35.8 Å². The number of carbonyl (C=O) groups excluding carboxylic acids is 2. The van der Waals surface area contributed by atoms with Crippen molar-refractivity contribution in [2.75, 3.05) is 36.1 Å². The van der Waals surface area contributed by atoms with Crippen molar-refractivity contribution in [2.45, 2.75) is 12.8 Å². The van der Waals surface area contributed by atoms with Crippen LogP contribution in [0, 0.1) is 0 Å². The number of nitrogens with zero attached hydrogens (tertiary/aromatic N) is 2. The number of ether oxygens (including phenoxy) is 2. The van der Waals surface area contributed by atoms with Gasteiger partial charge in [-0.1, -0.05) is 97.1 Å². The first-order chi connectivity index (χ1) is 24.6. The van der Waals surface area contributed by atoms with Gasteiger partial charge in [-0.2, -0.15) is 0 Å². The van der Waals surface area contributed by atoms with Crippen LogP contribution in [0.3, 0.4) is 0 Å². The van der Waals surface area contributed by atoms with Crippen molar-refractivity contribution in [3.63, 3.8) is 0 Å². The van der Waals surface area contributed by atoms with Crippen molar-refractivity contribution in [1.82, 2.24) is 0 Å². The monoisotopic (exact) mass is 660 g/mol. The Morgan fingerprint density at radius 3 is 1.06 bits per heavy atom. The van der Waals surface area contributed by atoms with E-state index in [1.807, 2.05) is 121 Å². The Morgan fingerprint density at radius 2 is 0.720 bits per heavy atom. The minimum Gasteiger partial charge on any atom is -0.493 e. The molecule has 6 rings (SSSR count). The highest BCUT2D eigenvalue weighted by Crippen LogP contribution is 2.23. The van der Waals surface area contributed by atoms with Crippen molar-refractivity contribution in [3.05, 3.63) is 192 Å². The zero-order chi connectivity index (χ0) is 34.4. The molecular weight excluding hydrogens is 620 g/mol. The van der Waals surface area contributed by atoms with Gasteiger partial charge in [-0.15, -0.1) is 0 Å². The van der Waals surface area contributed by atoms with Gasteiger partial charge in [-0.25, -0.2) is 0 Å². The molecule has 0 N–H and O–H groups in total. The van der Waals surface area contributed by atoms with Crippen molar-refractivity contribution < 1.29 is 19.1 Å². The van der Waals surface area contributed by atoms with Crippen molar-refractivity contribution >= 4 is 23.2 Å². The van der Waals surface area contributed by atoms with E-state index in [-0.39, 0.29) is 24.9 Å². The Balaban J connectivity index is 1.14. The van der Waals surface area contributed by atoms with E-state index in [1.165, 1.54) is 11.1 Å². The molecule has 0 atom stereocenters. The second kappa shape index (κ2) is 17.3. The maximum absolute atomic E-state index is 14.0. The molecule has 0 aliphatic heterocycles. The first-order valence-corrected chi connectivity index (χ1v) is 16.9. The Bertz CT molecular complexity index is 1770. The molecule has 6 nitrogen and oxygen atoms in total. The second-order valence-corrected chi connectivity index (χ2v) is 11.8. The average Bonchev–Trinajstić information content (AvgIpc) is 3.18. The van der Waals surface area contributed by atoms with E-state index in [1.54, 1.807) is 34.1 Å². The number of rotatable bonds is 15. The molecule has 0 aliphatic rings. The number of carbonyl (C=O) groups is 2. The summed E-state index contributed by atoms with van der Waals surface area (Å²) >= 11 is 0. The van der Waals surface area contributed by atoms with Crippen LogP contribution in [0.25, 0.3) is 0 Å². The summed E-state index contributed by atoms with van der Waals surface area (Å²) in [5.74, 6) is 1.09. The van der Waals surface area contributed by atoms with E-state index < -0.39 is 0 Å². The van der Waals surface area contributed by atoms with Gasteiger partial charge >= 0.3 is 0 Å². The summed E-state index contributed by atoms with van der Waals surface area (Å²) in [7, 11) is 0. The number of benzene rings is 6. The highest BCUT2D eigenvalue weighted by molar-refractivity contribution is 6.08. The standard InChI is InChI=1S/C44H40N2O4/c47-43(37-21-25-41(26-22-37)49-33-29-35-13-5-1-6-14-35)45(39-17-9-3-10-18-39)31-32-46(40-19-11-4-12-20-40)44(48)38-23-27-42(28-24-38)50-34-30-36-15-7-2-8-16-36/h1-28H,29-34H2. The Hall–Kier alpha value is -6.14. The van der Waals surface area contributed by atoms with Crippen LogP contribution in [0.15, 0.2) is 170 Å². The lowest BCUT2D eigenvalue weighted by atomic mass is 10.1. The lowest BCUT2D eigenvalue weighted by Gasteiger charge is -2.28. The van der Waals surface area contributed by atoms with Gasteiger partial charge in [0, 0.05) is 48.4 Å². The maximum atomic E-state index is 14.0. The highest BCUT2D eigenvalue weighted by Gasteiger charge is 2.23. The summed E-state index contributed by atoms with van der Waals surface area (Å²) in [6.07, 6.45) is 1.60. The molecule has 6 aromatic carbocycles. The van der Waals surface area contributed by atoms with Crippen LogP contribution in [0.5, 0.6) is 11.5 Å². The predicted octanol–water partition coefficient (Wildman–Crippen LogP) is 8.92. The molecule has 0 heterocycles. The van der Waals surface area contributed by atoms with Crippen LogP contribution >= 0.6 is 0 Å². The molecule has 0 spiro atoms. The van der Waals surface area contributed by atoms with Gasteiger partial charge in [0.2, 0.25) is 0 Å². The van der Waals surface area contributed by atoms with Gasteiger partial charge in [0.05, 0.1) is 13.2 Å². The Morgan fingerprint density at radius 1 is 0.400 bits per heavy atom. The molecule has 0 aliphatic carbocycles. The van der Waals surface area contributed by atoms with E-state index >= 15 is 0 Å². The third-order valence-corrected chi connectivity index (χ3v) is 8.38. The number of amides is 2.